The second kappa shape index (κ2) is 4.26. The summed E-state index contributed by atoms with van der Waals surface area (Å²) in [7, 11) is 0. The fraction of sp³-hybridized carbons (Fsp3) is 0.917. The highest BCUT2D eigenvalue weighted by atomic mass is 16.1. The predicted molar refractivity (Wildman–Crippen MR) is 55.7 cm³/mol. The zero-order valence-corrected chi connectivity index (χ0v) is 9.23. The first-order valence-corrected chi connectivity index (χ1v) is 5.62. The van der Waals surface area contributed by atoms with Gasteiger partial charge in [0.2, 0.25) is 0 Å². The molecule has 0 N–H and O–H groups in total. The molecule has 1 saturated carbocycles. The minimum absolute atomic E-state index is 0.0274. The first-order chi connectivity index (χ1) is 6.11. The molecule has 0 heterocycles. The average molecular weight is 182 g/mol. The average Bonchev–Trinajstić information content (AvgIpc) is 2.17. The Balaban J connectivity index is 2.68. The van der Waals surface area contributed by atoms with Crippen molar-refractivity contribution in [3.05, 3.63) is 0 Å². The van der Waals surface area contributed by atoms with E-state index in [1.807, 2.05) is 0 Å². The fourth-order valence-corrected chi connectivity index (χ4v) is 2.56. The van der Waals surface area contributed by atoms with Crippen molar-refractivity contribution in [2.45, 2.75) is 59.3 Å². The summed E-state index contributed by atoms with van der Waals surface area (Å²) >= 11 is 0. The highest BCUT2D eigenvalue weighted by molar-refractivity contribution is 5.82. The van der Waals surface area contributed by atoms with Gasteiger partial charge in [-0.2, -0.15) is 0 Å². The lowest BCUT2D eigenvalue weighted by molar-refractivity contribution is -0.129. The molecule has 0 bridgehead atoms. The van der Waals surface area contributed by atoms with E-state index in [4.69, 9.17) is 0 Å². The lowest BCUT2D eigenvalue weighted by atomic mass is 9.66. The summed E-state index contributed by atoms with van der Waals surface area (Å²) in [4.78, 5) is 11.6. The fourth-order valence-electron chi connectivity index (χ4n) is 2.56. The molecule has 0 aromatic carbocycles. The number of hydrogen-bond donors (Lipinski definition) is 0. The highest BCUT2D eigenvalue weighted by Crippen LogP contribution is 2.41. The van der Waals surface area contributed by atoms with Crippen LogP contribution in [0.15, 0.2) is 0 Å². The van der Waals surface area contributed by atoms with E-state index in [1.165, 1.54) is 32.1 Å². The predicted octanol–water partition coefficient (Wildman–Crippen LogP) is 3.57. The van der Waals surface area contributed by atoms with Crippen molar-refractivity contribution < 1.29 is 4.79 Å². The van der Waals surface area contributed by atoms with Gasteiger partial charge >= 0.3 is 0 Å². The smallest absolute Gasteiger partial charge is 0.135 e. The number of hydrogen-bond acceptors (Lipinski definition) is 1. The van der Waals surface area contributed by atoms with Gasteiger partial charge in [0.1, 0.15) is 5.78 Å². The number of rotatable bonds is 3. The number of Topliss-reactive ketones (excluding diaryl/α,β-unsaturated/α-hetero) is 1. The molecule has 1 fully saturated rings. The molecule has 13 heavy (non-hydrogen) atoms. The second-order valence-corrected chi connectivity index (χ2v) is 4.66. The van der Waals surface area contributed by atoms with E-state index >= 15 is 0 Å². The summed E-state index contributed by atoms with van der Waals surface area (Å²) in [6.45, 7) is 6.07. The van der Waals surface area contributed by atoms with Gasteiger partial charge in [-0.1, -0.05) is 33.1 Å². The Hall–Kier alpha value is -0.330. The summed E-state index contributed by atoms with van der Waals surface area (Å²) in [6.07, 6.45) is 7.57. The van der Waals surface area contributed by atoms with Crippen molar-refractivity contribution in [1.82, 2.24) is 0 Å². The lowest BCUT2D eigenvalue weighted by Gasteiger charge is -2.37. The Morgan fingerprint density at radius 1 is 1.31 bits per heavy atom. The van der Waals surface area contributed by atoms with Crippen molar-refractivity contribution in [2.24, 2.45) is 11.3 Å². The van der Waals surface area contributed by atoms with E-state index in [1.54, 1.807) is 6.92 Å². The van der Waals surface area contributed by atoms with E-state index < -0.39 is 0 Å². The van der Waals surface area contributed by atoms with Crippen LogP contribution < -0.4 is 0 Å². The van der Waals surface area contributed by atoms with E-state index in [0.717, 1.165) is 6.42 Å². The molecule has 1 atom stereocenters. The van der Waals surface area contributed by atoms with Crippen LogP contribution in [0.4, 0.5) is 0 Å². The van der Waals surface area contributed by atoms with Gasteiger partial charge < -0.3 is 0 Å². The van der Waals surface area contributed by atoms with E-state index in [2.05, 4.69) is 13.8 Å². The molecule has 1 nitrogen and oxygen atoms in total. The zero-order chi connectivity index (χ0) is 9.90. The standard InChI is InChI=1S/C12H22O/c1-4-12(3,10(2)13)11-8-6-5-7-9-11/h11H,4-9H2,1-3H3/t12-/m0/s1. The third-order valence-corrected chi connectivity index (χ3v) is 4.04. The molecule has 0 spiro atoms. The monoisotopic (exact) mass is 182 g/mol. The largest absolute Gasteiger partial charge is 0.299 e. The number of carbonyl (C=O) groups excluding carboxylic acids is 1. The summed E-state index contributed by atoms with van der Waals surface area (Å²) in [5.74, 6) is 1.05. The van der Waals surface area contributed by atoms with Gasteiger partial charge in [0.25, 0.3) is 0 Å². The van der Waals surface area contributed by atoms with Crippen molar-refractivity contribution in [3.8, 4) is 0 Å². The Morgan fingerprint density at radius 3 is 2.23 bits per heavy atom. The minimum Gasteiger partial charge on any atom is -0.299 e. The topological polar surface area (TPSA) is 17.1 Å². The van der Waals surface area contributed by atoms with Crippen LogP contribution in [0.1, 0.15) is 59.3 Å². The van der Waals surface area contributed by atoms with Crippen LogP contribution >= 0.6 is 0 Å². The molecule has 1 rings (SSSR count). The maximum atomic E-state index is 11.6. The molecule has 0 radical (unpaired) electrons. The molecule has 0 aliphatic heterocycles. The number of carbonyl (C=O) groups is 1. The van der Waals surface area contributed by atoms with Crippen LogP contribution in [0.25, 0.3) is 0 Å². The van der Waals surface area contributed by atoms with Gasteiger partial charge in [-0.15, -0.1) is 0 Å². The van der Waals surface area contributed by atoms with Crippen molar-refractivity contribution in [2.75, 3.05) is 0 Å². The van der Waals surface area contributed by atoms with Gasteiger partial charge in [0.15, 0.2) is 0 Å². The molecule has 0 saturated heterocycles. The molecular weight excluding hydrogens is 160 g/mol. The van der Waals surface area contributed by atoms with Crippen LogP contribution in [0.5, 0.6) is 0 Å². The number of ketones is 1. The summed E-state index contributed by atoms with van der Waals surface area (Å²) < 4.78 is 0. The van der Waals surface area contributed by atoms with E-state index in [0.29, 0.717) is 11.7 Å². The third-order valence-electron chi connectivity index (χ3n) is 4.04. The van der Waals surface area contributed by atoms with Crippen molar-refractivity contribution >= 4 is 5.78 Å². The van der Waals surface area contributed by atoms with Gasteiger partial charge in [-0.25, -0.2) is 0 Å². The first kappa shape index (κ1) is 10.7. The lowest BCUT2D eigenvalue weighted by Crippen LogP contribution is -2.35. The SMILES string of the molecule is CC[C@@](C)(C(C)=O)C1CCCCC1. The molecule has 1 aliphatic carbocycles. The summed E-state index contributed by atoms with van der Waals surface area (Å²) in [5.41, 5.74) is -0.0274. The summed E-state index contributed by atoms with van der Waals surface area (Å²) in [6, 6.07) is 0. The van der Waals surface area contributed by atoms with Crippen molar-refractivity contribution in [3.63, 3.8) is 0 Å². The van der Waals surface area contributed by atoms with Crippen LogP contribution in [-0.4, -0.2) is 5.78 Å². The maximum absolute atomic E-state index is 11.6. The molecule has 1 aliphatic rings. The zero-order valence-electron chi connectivity index (χ0n) is 9.23. The highest BCUT2D eigenvalue weighted by Gasteiger charge is 2.37. The van der Waals surface area contributed by atoms with Crippen LogP contribution in [0.3, 0.4) is 0 Å². The molecule has 0 aromatic heterocycles. The normalized spacial score (nSPS) is 23.9. The Bertz CT molecular complexity index is 180. The molecule has 0 aromatic rings. The molecule has 0 amide bonds. The second-order valence-electron chi connectivity index (χ2n) is 4.66. The minimum atomic E-state index is -0.0274. The molecule has 76 valence electrons. The van der Waals surface area contributed by atoms with Gasteiger partial charge in [-0.05, 0) is 32.1 Å². The van der Waals surface area contributed by atoms with E-state index in [-0.39, 0.29) is 5.41 Å². The van der Waals surface area contributed by atoms with Crippen LogP contribution in [-0.2, 0) is 4.79 Å². The molecule has 0 unspecified atom stereocenters. The molecular formula is C12H22O. The quantitative estimate of drug-likeness (QED) is 0.652. The Kier molecular flexibility index (Phi) is 3.52. The van der Waals surface area contributed by atoms with E-state index in [9.17, 15) is 4.79 Å². The van der Waals surface area contributed by atoms with Crippen molar-refractivity contribution in [1.29, 1.82) is 0 Å². The summed E-state index contributed by atoms with van der Waals surface area (Å²) in [5, 5.41) is 0. The first-order valence-electron chi connectivity index (χ1n) is 5.62. The van der Waals surface area contributed by atoms with Gasteiger partial charge in [0.05, 0.1) is 0 Å². The van der Waals surface area contributed by atoms with Gasteiger partial charge in [0, 0.05) is 5.41 Å². The van der Waals surface area contributed by atoms with Crippen LogP contribution in [0, 0.1) is 11.3 Å². The maximum Gasteiger partial charge on any atom is 0.135 e. The van der Waals surface area contributed by atoms with Gasteiger partial charge in [-0.3, -0.25) is 4.79 Å². The Labute approximate surface area is 81.9 Å². The van der Waals surface area contributed by atoms with Crippen LogP contribution in [0.2, 0.25) is 0 Å². The third kappa shape index (κ3) is 2.12. The molecule has 1 heteroatoms. The Morgan fingerprint density at radius 2 is 1.85 bits per heavy atom.